The summed E-state index contributed by atoms with van der Waals surface area (Å²) in [6.45, 7) is 10.7. The van der Waals surface area contributed by atoms with Crippen LogP contribution in [-0.4, -0.2) is 43.8 Å². The number of rotatable bonds is 11. The molecule has 9 heteroatoms. The Morgan fingerprint density at radius 3 is 2.17 bits per heavy atom. The minimum Gasteiger partial charge on any atom is -0.352 e. The van der Waals surface area contributed by atoms with Crippen LogP contribution < -0.4 is 9.62 Å². The Balaban J connectivity index is 2.12. The van der Waals surface area contributed by atoms with Crippen molar-refractivity contribution in [1.29, 1.82) is 0 Å². The molecular weight excluding hydrogens is 546 g/mol. The molecule has 214 valence electrons. The SMILES string of the molecule is CC[C@H](C(=O)NC(C)C)N(Cc1ccccc1Cl)C(=O)CN(c1cccc(C)c1C)S(=O)(=O)c1ccc(C)cc1. The lowest BCUT2D eigenvalue weighted by atomic mass is 10.1. The van der Waals surface area contributed by atoms with Crippen LogP contribution in [0.2, 0.25) is 5.02 Å². The summed E-state index contributed by atoms with van der Waals surface area (Å²) in [6, 6.07) is 18.0. The van der Waals surface area contributed by atoms with Gasteiger partial charge in [0.25, 0.3) is 10.0 Å². The van der Waals surface area contributed by atoms with E-state index >= 15 is 0 Å². The molecule has 0 radical (unpaired) electrons. The number of halogens is 1. The average Bonchev–Trinajstić information content (AvgIpc) is 2.89. The summed E-state index contributed by atoms with van der Waals surface area (Å²) in [4.78, 5) is 28.9. The highest BCUT2D eigenvalue weighted by atomic mass is 35.5. The van der Waals surface area contributed by atoms with Gasteiger partial charge in [-0.25, -0.2) is 8.42 Å². The average molecular weight is 584 g/mol. The number of nitrogens with zero attached hydrogens (tertiary/aromatic N) is 2. The van der Waals surface area contributed by atoms with Crippen LogP contribution in [0, 0.1) is 20.8 Å². The third-order valence-corrected chi connectivity index (χ3v) is 8.99. The topological polar surface area (TPSA) is 86.8 Å². The molecular formula is C31H38ClN3O4S. The van der Waals surface area contributed by atoms with Crippen LogP contribution >= 0.6 is 11.6 Å². The molecule has 0 fully saturated rings. The van der Waals surface area contributed by atoms with Crippen LogP contribution in [0.15, 0.2) is 71.6 Å². The number of sulfonamides is 1. The normalized spacial score (nSPS) is 12.2. The molecule has 0 heterocycles. The van der Waals surface area contributed by atoms with Crippen molar-refractivity contribution in [3.05, 3.63) is 94.0 Å². The lowest BCUT2D eigenvalue weighted by Gasteiger charge is -2.34. The molecule has 0 saturated heterocycles. The molecule has 0 aliphatic heterocycles. The molecule has 3 rings (SSSR count). The maximum absolute atomic E-state index is 14.2. The first-order valence-corrected chi connectivity index (χ1v) is 15.2. The van der Waals surface area contributed by atoms with E-state index in [0.717, 1.165) is 21.0 Å². The van der Waals surface area contributed by atoms with Gasteiger partial charge >= 0.3 is 0 Å². The van der Waals surface area contributed by atoms with Crippen LogP contribution in [0.5, 0.6) is 0 Å². The van der Waals surface area contributed by atoms with Gasteiger partial charge < -0.3 is 10.2 Å². The summed E-state index contributed by atoms with van der Waals surface area (Å²) in [6.07, 6.45) is 0.336. The van der Waals surface area contributed by atoms with Gasteiger partial charge in [0.2, 0.25) is 11.8 Å². The fourth-order valence-electron chi connectivity index (χ4n) is 4.47. The lowest BCUT2D eigenvalue weighted by Crippen LogP contribution is -2.53. The molecule has 0 spiro atoms. The van der Waals surface area contributed by atoms with Crippen molar-refractivity contribution in [3.63, 3.8) is 0 Å². The highest BCUT2D eigenvalue weighted by Gasteiger charge is 2.34. The fraction of sp³-hybridized carbons (Fsp3) is 0.355. The Hall–Kier alpha value is -3.36. The van der Waals surface area contributed by atoms with Gasteiger partial charge in [0.05, 0.1) is 10.6 Å². The number of benzene rings is 3. The number of hydrogen-bond donors (Lipinski definition) is 1. The molecule has 2 amide bonds. The van der Waals surface area contributed by atoms with Crippen molar-refractivity contribution in [2.24, 2.45) is 0 Å². The third-order valence-electron chi connectivity index (χ3n) is 6.85. The minimum atomic E-state index is -4.13. The minimum absolute atomic E-state index is 0.0494. The van der Waals surface area contributed by atoms with Crippen LogP contribution in [0.1, 0.15) is 49.4 Å². The molecule has 0 unspecified atom stereocenters. The first kappa shape index (κ1) is 31.2. The second-order valence-electron chi connectivity index (χ2n) is 10.2. The Morgan fingerprint density at radius 2 is 1.57 bits per heavy atom. The second-order valence-corrected chi connectivity index (χ2v) is 12.5. The van der Waals surface area contributed by atoms with Crippen molar-refractivity contribution in [1.82, 2.24) is 10.2 Å². The van der Waals surface area contributed by atoms with E-state index in [2.05, 4.69) is 5.32 Å². The number of aryl methyl sites for hydroxylation is 2. The van der Waals surface area contributed by atoms with Gasteiger partial charge in [-0.3, -0.25) is 13.9 Å². The molecule has 0 aliphatic rings. The van der Waals surface area contributed by atoms with Gasteiger partial charge in [-0.2, -0.15) is 0 Å². The van der Waals surface area contributed by atoms with Crippen LogP contribution in [-0.2, 0) is 26.2 Å². The van der Waals surface area contributed by atoms with E-state index in [9.17, 15) is 18.0 Å². The van der Waals surface area contributed by atoms with E-state index in [1.54, 1.807) is 54.6 Å². The second kappa shape index (κ2) is 13.3. The summed E-state index contributed by atoms with van der Waals surface area (Å²) in [5.41, 5.74) is 3.62. The number of hydrogen-bond acceptors (Lipinski definition) is 4. The smallest absolute Gasteiger partial charge is 0.264 e. The summed E-state index contributed by atoms with van der Waals surface area (Å²) in [5, 5.41) is 3.35. The van der Waals surface area contributed by atoms with Gasteiger partial charge in [0, 0.05) is 17.6 Å². The fourth-order valence-corrected chi connectivity index (χ4v) is 6.13. The van der Waals surface area contributed by atoms with Gasteiger partial charge in [0.1, 0.15) is 12.6 Å². The van der Waals surface area contributed by atoms with Crippen molar-refractivity contribution in [3.8, 4) is 0 Å². The maximum Gasteiger partial charge on any atom is 0.264 e. The molecule has 1 atom stereocenters. The Morgan fingerprint density at radius 1 is 0.925 bits per heavy atom. The molecule has 7 nitrogen and oxygen atoms in total. The van der Waals surface area contributed by atoms with E-state index in [1.807, 2.05) is 53.7 Å². The van der Waals surface area contributed by atoms with Crippen molar-refractivity contribution >= 4 is 39.1 Å². The lowest BCUT2D eigenvalue weighted by molar-refractivity contribution is -0.140. The molecule has 3 aromatic rings. The number of nitrogens with one attached hydrogen (secondary N) is 1. The Labute approximate surface area is 243 Å². The summed E-state index contributed by atoms with van der Waals surface area (Å²) < 4.78 is 29.3. The number of amides is 2. The predicted octanol–water partition coefficient (Wildman–Crippen LogP) is 5.79. The molecule has 40 heavy (non-hydrogen) atoms. The maximum atomic E-state index is 14.2. The monoisotopic (exact) mass is 583 g/mol. The molecule has 0 aromatic heterocycles. The molecule has 0 bridgehead atoms. The van der Waals surface area contributed by atoms with Crippen LogP contribution in [0.4, 0.5) is 5.69 Å². The molecule has 0 saturated carbocycles. The highest BCUT2D eigenvalue weighted by molar-refractivity contribution is 7.92. The van der Waals surface area contributed by atoms with Crippen molar-refractivity contribution < 1.29 is 18.0 Å². The van der Waals surface area contributed by atoms with Crippen molar-refractivity contribution in [2.75, 3.05) is 10.8 Å². The molecule has 1 N–H and O–H groups in total. The zero-order valence-electron chi connectivity index (χ0n) is 23.9. The molecule has 0 aliphatic carbocycles. The van der Waals surface area contributed by atoms with Gasteiger partial charge in [0.15, 0.2) is 0 Å². The van der Waals surface area contributed by atoms with Crippen LogP contribution in [0.25, 0.3) is 0 Å². The zero-order chi connectivity index (χ0) is 29.6. The number of anilines is 1. The molecule has 3 aromatic carbocycles. The summed E-state index contributed by atoms with van der Waals surface area (Å²) >= 11 is 6.45. The van der Waals surface area contributed by atoms with E-state index < -0.39 is 28.5 Å². The first-order chi connectivity index (χ1) is 18.9. The Bertz CT molecular complexity index is 1460. The van der Waals surface area contributed by atoms with Gasteiger partial charge in [-0.15, -0.1) is 0 Å². The van der Waals surface area contributed by atoms with E-state index in [-0.39, 0.29) is 23.4 Å². The number of carbonyl (C=O) groups excluding carboxylic acids is 2. The first-order valence-electron chi connectivity index (χ1n) is 13.4. The van der Waals surface area contributed by atoms with E-state index in [0.29, 0.717) is 22.7 Å². The third kappa shape index (κ3) is 7.23. The van der Waals surface area contributed by atoms with Gasteiger partial charge in [-0.05, 0) is 82.0 Å². The highest BCUT2D eigenvalue weighted by Crippen LogP contribution is 2.29. The Kier molecular flexibility index (Phi) is 10.4. The van der Waals surface area contributed by atoms with E-state index in [1.165, 1.54) is 4.90 Å². The zero-order valence-corrected chi connectivity index (χ0v) is 25.5. The van der Waals surface area contributed by atoms with Crippen LogP contribution in [0.3, 0.4) is 0 Å². The number of carbonyl (C=O) groups is 2. The summed E-state index contributed by atoms with van der Waals surface area (Å²) in [7, 11) is -4.13. The predicted molar refractivity (Wildman–Crippen MR) is 161 cm³/mol. The largest absolute Gasteiger partial charge is 0.352 e. The van der Waals surface area contributed by atoms with E-state index in [4.69, 9.17) is 11.6 Å². The van der Waals surface area contributed by atoms with Crippen molar-refractivity contribution in [2.45, 2.75) is 71.5 Å². The quantitative estimate of drug-likeness (QED) is 0.309. The van der Waals surface area contributed by atoms with Gasteiger partial charge in [-0.1, -0.05) is 66.6 Å². The summed E-state index contributed by atoms with van der Waals surface area (Å²) in [5.74, 6) is -0.820. The standard InChI is InChI=1S/C31H38ClN3O4S/c1-7-28(31(37)33-21(2)3)34(19-25-12-8-9-13-27(25)32)30(36)20-35(29-14-10-11-23(5)24(29)6)40(38,39)26-17-15-22(4)16-18-26/h8-18,21,28H,7,19-20H2,1-6H3,(H,33,37)/t28-/m1/s1.